The van der Waals surface area contributed by atoms with E-state index in [-0.39, 0.29) is 0 Å². The molecule has 2 rings (SSSR count). The summed E-state index contributed by atoms with van der Waals surface area (Å²) in [5, 5.41) is 3.50. The summed E-state index contributed by atoms with van der Waals surface area (Å²) in [5.74, 6) is 0.819. The molecule has 1 aromatic heterocycles. The minimum absolute atomic E-state index is 0.622. The molecule has 0 aromatic carbocycles. The van der Waals surface area contributed by atoms with Crippen LogP contribution in [0, 0.1) is 6.92 Å². The van der Waals surface area contributed by atoms with E-state index in [2.05, 4.69) is 22.2 Å². The number of likely N-dealkylation sites (N-methyl/N-ethyl adjacent to an activating group) is 1. The molecule has 0 bridgehead atoms. The zero-order valence-corrected chi connectivity index (χ0v) is 11.6. The molecule has 1 fully saturated rings. The van der Waals surface area contributed by atoms with E-state index in [0.29, 0.717) is 6.04 Å². The van der Waals surface area contributed by atoms with E-state index in [0.717, 1.165) is 23.7 Å². The molecule has 0 amide bonds. The van der Waals surface area contributed by atoms with Crippen LogP contribution in [0.2, 0.25) is 0 Å². The van der Waals surface area contributed by atoms with E-state index in [1.165, 1.54) is 25.8 Å². The Hall–Kier alpha value is -1.29. The first-order valence-electron chi connectivity index (χ1n) is 6.65. The summed E-state index contributed by atoms with van der Waals surface area (Å²) in [6.07, 6.45) is 5.71. The Balaban J connectivity index is 1.98. The van der Waals surface area contributed by atoms with Crippen LogP contribution in [0.4, 0.5) is 5.69 Å². The number of ether oxygens (including phenoxy) is 1. The lowest BCUT2D eigenvalue weighted by molar-refractivity contribution is 0.194. The molecule has 1 atom stereocenters. The van der Waals surface area contributed by atoms with Crippen LogP contribution in [0.3, 0.4) is 0 Å². The average Bonchev–Trinajstić information content (AvgIpc) is 2.38. The lowest BCUT2D eigenvalue weighted by Crippen LogP contribution is -2.40. The highest BCUT2D eigenvalue weighted by Crippen LogP contribution is 2.24. The lowest BCUT2D eigenvalue weighted by Gasteiger charge is -2.32. The monoisotopic (exact) mass is 249 g/mol. The summed E-state index contributed by atoms with van der Waals surface area (Å²) in [4.78, 5) is 6.69. The van der Waals surface area contributed by atoms with Crippen LogP contribution in [-0.2, 0) is 0 Å². The molecule has 0 spiro atoms. The fraction of sp³-hybridized carbons (Fsp3) is 0.643. The number of likely N-dealkylation sites (tertiary alicyclic amines) is 1. The summed E-state index contributed by atoms with van der Waals surface area (Å²) < 4.78 is 5.33. The Bertz CT molecular complexity index is 395. The summed E-state index contributed by atoms with van der Waals surface area (Å²) in [5.41, 5.74) is 2.05. The van der Waals surface area contributed by atoms with Crippen molar-refractivity contribution in [3.05, 3.63) is 18.0 Å². The number of methoxy groups -OCH3 is 1. The van der Waals surface area contributed by atoms with Gasteiger partial charge in [-0.15, -0.1) is 0 Å². The van der Waals surface area contributed by atoms with Crippen LogP contribution in [0.25, 0.3) is 0 Å². The topological polar surface area (TPSA) is 37.4 Å². The zero-order valence-electron chi connectivity index (χ0n) is 11.6. The van der Waals surface area contributed by atoms with E-state index in [1.807, 2.05) is 13.0 Å². The maximum absolute atomic E-state index is 5.33. The Kier molecular flexibility index (Phi) is 4.42. The number of nitrogens with one attached hydrogen (secondary N) is 1. The first kappa shape index (κ1) is 13.1. The molecule has 1 aliphatic heterocycles. The van der Waals surface area contributed by atoms with Crippen molar-refractivity contribution in [1.82, 2.24) is 9.88 Å². The van der Waals surface area contributed by atoms with Gasteiger partial charge in [0.2, 0.25) is 0 Å². The van der Waals surface area contributed by atoms with Gasteiger partial charge in [0.15, 0.2) is 5.75 Å². The van der Waals surface area contributed by atoms with Gasteiger partial charge in [-0.2, -0.15) is 0 Å². The molecule has 1 unspecified atom stereocenters. The predicted octanol–water partition coefficient (Wildman–Crippen LogP) is 2.29. The van der Waals surface area contributed by atoms with E-state index >= 15 is 0 Å². The van der Waals surface area contributed by atoms with Crippen molar-refractivity contribution < 1.29 is 4.74 Å². The van der Waals surface area contributed by atoms with Crippen molar-refractivity contribution in [3.63, 3.8) is 0 Å². The summed E-state index contributed by atoms with van der Waals surface area (Å²) in [7, 11) is 3.89. The molecule has 1 aliphatic rings. The third-order valence-corrected chi connectivity index (χ3v) is 3.67. The first-order valence-corrected chi connectivity index (χ1v) is 6.65. The van der Waals surface area contributed by atoms with Gasteiger partial charge in [0.25, 0.3) is 0 Å². The predicted molar refractivity (Wildman–Crippen MR) is 74.3 cm³/mol. The zero-order chi connectivity index (χ0) is 13.0. The van der Waals surface area contributed by atoms with Crippen LogP contribution < -0.4 is 10.1 Å². The molecule has 0 saturated carbocycles. The average molecular weight is 249 g/mol. The highest BCUT2D eigenvalue weighted by atomic mass is 16.5. The van der Waals surface area contributed by atoms with Gasteiger partial charge in [0, 0.05) is 18.3 Å². The largest absolute Gasteiger partial charge is 0.493 e. The van der Waals surface area contributed by atoms with Crippen molar-refractivity contribution in [3.8, 4) is 5.75 Å². The molecule has 18 heavy (non-hydrogen) atoms. The SMILES string of the molecule is COc1cnc(C)cc1NCC1CCCCN1C. The van der Waals surface area contributed by atoms with Crippen molar-refractivity contribution in [2.45, 2.75) is 32.2 Å². The van der Waals surface area contributed by atoms with Crippen molar-refractivity contribution in [2.75, 3.05) is 32.6 Å². The van der Waals surface area contributed by atoms with Crippen LogP contribution >= 0.6 is 0 Å². The van der Waals surface area contributed by atoms with Gasteiger partial charge in [-0.05, 0) is 39.4 Å². The summed E-state index contributed by atoms with van der Waals surface area (Å²) in [6.45, 7) is 4.17. The third kappa shape index (κ3) is 3.13. The van der Waals surface area contributed by atoms with Gasteiger partial charge >= 0.3 is 0 Å². The maximum atomic E-state index is 5.33. The number of hydrogen-bond donors (Lipinski definition) is 1. The van der Waals surface area contributed by atoms with Crippen LogP contribution in [0.15, 0.2) is 12.3 Å². The molecule has 0 aliphatic carbocycles. The van der Waals surface area contributed by atoms with Gasteiger partial charge in [0.1, 0.15) is 0 Å². The fourth-order valence-corrected chi connectivity index (χ4v) is 2.48. The standard InChI is InChI=1S/C14H23N3O/c1-11-8-13(14(18-3)10-15-11)16-9-12-6-4-5-7-17(12)2/h8,10,12H,4-7,9H2,1-3H3,(H,15,16). The molecular formula is C14H23N3O. The number of hydrogen-bond acceptors (Lipinski definition) is 4. The van der Waals surface area contributed by atoms with Crippen molar-refractivity contribution in [2.24, 2.45) is 0 Å². The third-order valence-electron chi connectivity index (χ3n) is 3.67. The Labute approximate surface area is 109 Å². The molecule has 0 radical (unpaired) electrons. The maximum Gasteiger partial charge on any atom is 0.160 e. The highest BCUT2D eigenvalue weighted by Gasteiger charge is 2.18. The van der Waals surface area contributed by atoms with E-state index < -0.39 is 0 Å². The molecule has 4 nitrogen and oxygen atoms in total. The Morgan fingerprint density at radius 3 is 3.06 bits per heavy atom. The van der Waals surface area contributed by atoms with Gasteiger partial charge in [-0.3, -0.25) is 4.98 Å². The van der Waals surface area contributed by atoms with Gasteiger partial charge in [-0.1, -0.05) is 6.42 Å². The molecular weight excluding hydrogens is 226 g/mol. The summed E-state index contributed by atoms with van der Waals surface area (Å²) >= 11 is 0. The number of rotatable bonds is 4. The molecule has 2 heterocycles. The second-order valence-electron chi connectivity index (χ2n) is 5.04. The van der Waals surface area contributed by atoms with Crippen LogP contribution in [-0.4, -0.2) is 43.2 Å². The molecule has 100 valence electrons. The van der Waals surface area contributed by atoms with E-state index in [4.69, 9.17) is 4.74 Å². The minimum Gasteiger partial charge on any atom is -0.493 e. The number of aryl methyl sites for hydroxylation is 1. The number of aromatic nitrogens is 1. The lowest BCUT2D eigenvalue weighted by atomic mass is 10.0. The molecule has 1 saturated heterocycles. The molecule has 4 heteroatoms. The molecule has 1 aromatic rings. The van der Waals surface area contributed by atoms with Crippen molar-refractivity contribution in [1.29, 1.82) is 0 Å². The second kappa shape index (κ2) is 6.05. The Morgan fingerprint density at radius 2 is 2.33 bits per heavy atom. The first-order chi connectivity index (χ1) is 8.70. The summed E-state index contributed by atoms with van der Waals surface area (Å²) in [6, 6.07) is 2.67. The van der Waals surface area contributed by atoms with E-state index in [1.54, 1.807) is 13.3 Å². The smallest absolute Gasteiger partial charge is 0.160 e. The second-order valence-corrected chi connectivity index (χ2v) is 5.04. The fourth-order valence-electron chi connectivity index (χ4n) is 2.48. The van der Waals surface area contributed by atoms with Gasteiger partial charge in [0.05, 0.1) is 19.0 Å². The highest BCUT2D eigenvalue weighted by molar-refractivity contribution is 5.56. The number of piperidine rings is 1. The number of nitrogens with zero attached hydrogens (tertiary/aromatic N) is 2. The number of pyridine rings is 1. The Morgan fingerprint density at radius 1 is 1.50 bits per heavy atom. The van der Waals surface area contributed by atoms with Crippen LogP contribution in [0.5, 0.6) is 5.75 Å². The van der Waals surface area contributed by atoms with Gasteiger partial charge < -0.3 is 15.0 Å². The van der Waals surface area contributed by atoms with Gasteiger partial charge in [-0.25, -0.2) is 0 Å². The molecule has 1 N–H and O–H groups in total. The number of anilines is 1. The quantitative estimate of drug-likeness (QED) is 0.888. The van der Waals surface area contributed by atoms with E-state index in [9.17, 15) is 0 Å². The normalized spacial score (nSPS) is 20.7. The van der Waals surface area contributed by atoms with Crippen molar-refractivity contribution >= 4 is 5.69 Å². The minimum atomic E-state index is 0.622. The van der Waals surface area contributed by atoms with Crippen LogP contribution in [0.1, 0.15) is 25.0 Å².